The fourth-order valence-electron chi connectivity index (χ4n) is 5.50. The van der Waals surface area contributed by atoms with Crippen molar-refractivity contribution in [1.29, 1.82) is 0 Å². The molecule has 3 N–H and O–H groups in total. The largest absolute Gasteiger partial charge is 0.435 e. The predicted molar refractivity (Wildman–Crippen MR) is 132 cm³/mol. The van der Waals surface area contributed by atoms with Gasteiger partial charge in [0.15, 0.2) is 12.2 Å². The van der Waals surface area contributed by atoms with Crippen LogP contribution >= 0.6 is 0 Å². The first-order valence-corrected chi connectivity index (χ1v) is 12.3. The Morgan fingerprint density at radius 3 is 2.17 bits per heavy atom. The number of ether oxygens (including phenoxy) is 1. The third kappa shape index (κ3) is 4.63. The maximum absolute atomic E-state index is 12.6. The van der Waals surface area contributed by atoms with Gasteiger partial charge in [0.2, 0.25) is 5.76 Å². The Morgan fingerprint density at radius 1 is 1.03 bits per heavy atom. The van der Waals surface area contributed by atoms with E-state index in [1.165, 1.54) is 5.56 Å². The third-order valence-electron chi connectivity index (χ3n) is 7.65. The van der Waals surface area contributed by atoms with E-state index < -0.39 is 6.29 Å². The van der Waals surface area contributed by atoms with Crippen LogP contribution < -0.4 is 5.32 Å². The number of rotatable bonds is 7. The van der Waals surface area contributed by atoms with E-state index in [4.69, 9.17) is 9.15 Å². The number of hydrogen-bond donors (Lipinski definition) is 3. The molecule has 2 aromatic carbocycles. The molecular weight excluding hydrogens is 444 g/mol. The second-order valence-corrected chi connectivity index (χ2v) is 9.92. The molecule has 184 valence electrons. The summed E-state index contributed by atoms with van der Waals surface area (Å²) in [6.07, 6.45) is 3.32. The van der Waals surface area contributed by atoms with Gasteiger partial charge in [0.1, 0.15) is 0 Å². The van der Waals surface area contributed by atoms with Crippen LogP contribution in [0.5, 0.6) is 0 Å². The predicted octanol–water partition coefficient (Wildman–Crippen LogP) is 4.75. The van der Waals surface area contributed by atoms with Gasteiger partial charge in [0, 0.05) is 23.9 Å². The van der Waals surface area contributed by atoms with Crippen molar-refractivity contribution in [3.63, 3.8) is 0 Å². The number of aliphatic hydroxyl groups excluding tert-OH is 1. The first-order chi connectivity index (χ1) is 16.8. The molecule has 1 saturated carbocycles. The number of carbonyl (C=O) groups excluding carboxylic acids is 1. The highest BCUT2D eigenvalue weighted by atomic mass is 16.5. The van der Waals surface area contributed by atoms with Crippen LogP contribution in [0.4, 0.5) is 5.69 Å². The minimum Gasteiger partial charge on any atom is -0.435 e. The number of fused-ring (bicyclic) bond motifs is 3. The van der Waals surface area contributed by atoms with Crippen LogP contribution in [0.2, 0.25) is 0 Å². The number of oxazole rings is 1. The third-order valence-corrected chi connectivity index (χ3v) is 7.65. The summed E-state index contributed by atoms with van der Waals surface area (Å²) in [5.74, 6) is 0.508. The van der Waals surface area contributed by atoms with Crippen LogP contribution in [-0.4, -0.2) is 39.6 Å². The van der Waals surface area contributed by atoms with Crippen molar-refractivity contribution >= 4 is 11.6 Å². The average Bonchev–Trinajstić information content (AvgIpc) is 3.26. The molecule has 0 atom stereocenters. The van der Waals surface area contributed by atoms with E-state index in [-0.39, 0.29) is 29.1 Å². The zero-order chi connectivity index (χ0) is 24.6. The molecule has 1 aliphatic carbocycles. The Morgan fingerprint density at radius 2 is 1.66 bits per heavy atom. The van der Waals surface area contributed by atoms with E-state index in [1.807, 2.05) is 31.2 Å². The summed E-state index contributed by atoms with van der Waals surface area (Å²) >= 11 is 0. The number of anilines is 1. The minimum absolute atomic E-state index is 0.00527. The molecule has 0 radical (unpaired) electrons. The van der Waals surface area contributed by atoms with E-state index in [9.17, 15) is 15.0 Å². The number of benzene rings is 2. The Hall–Kier alpha value is -3.00. The van der Waals surface area contributed by atoms with Crippen LogP contribution in [0.25, 0.3) is 11.1 Å². The topological polar surface area (TPSA) is 105 Å². The molecule has 0 spiro atoms. The number of nitrogens with one attached hydrogen (secondary N) is 1. The van der Waals surface area contributed by atoms with Gasteiger partial charge < -0.3 is 24.7 Å². The van der Waals surface area contributed by atoms with Crippen LogP contribution in [0, 0.1) is 6.92 Å². The van der Waals surface area contributed by atoms with Gasteiger partial charge in [-0.25, -0.2) is 4.98 Å². The molecule has 7 nitrogen and oxygen atoms in total. The van der Waals surface area contributed by atoms with Crippen molar-refractivity contribution in [2.45, 2.75) is 69.7 Å². The molecule has 2 aliphatic heterocycles. The molecule has 2 bridgehead atoms. The Labute approximate surface area is 205 Å². The SMILES string of the molecule is CCc1nc(C)c(C(=O)Nc2ccc(-c3ccc(C45CCC(CC(O)O)(CC4)OC5)cc3)cc2)o1. The molecule has 1 aromatic heterocycles. The monoisotopic (exact) mass is 476 g/mol. The van der Waals surface area contributed by atoms with E-state index in [0.717, 1.165) is 36.8 Å². The van der Waals surface area contributed by atoms with Gasteiger partial charge in [0.25, 0.3) is 5.91 Å². The number of nitrogens with zero attached hydrogens (tertiary/aromatic N) is 1. The summed E-state index contributed by atoms with van der Waals surface area (Å²) in [6, 6.07) is 16.4. The smallest absolute Gasteiger partial charge is 0.293 e. The molecule has 2 saturated heterocycles. The average molecular weight is 477 g/mol. The molecule has 3 aromatic rings. The van der Waals surface area contributed by atoms with E-state index in [2.05, 4.69) is 34.6 Å². The zero-order valence-corrected chi connectivity index (χ0v) is 20.2. The van der Waals surface area contributed by atoms with Gasteiger partial charge >= 0.3 is 0 Å². The highest BCUT2D eigenvalue weighted by Gasteiger charge is 2.50. The fraction of sp³-hybridized carbons (Fsp3) is 0.429. The Bertz CT molecular complexity index is 1170. The fourth-order valence-corrected chi connectivity index (χ4v) is 5.50. The number of hydrogen-bond acceptors (Lipinski definition) is 6. The standard InChI is InChI=1S/C28H32N2O5/c1-3-23-29-18(2)25(35-23)26(33)30-22-10-6-20(7-11-22)19-4-8-21(9-5-19)27-12-14-28(15-13-27,34-17-27)16-24(31)32/h4-11,24,31-32H,3,12-17H2,1-2H3,(H,30,33). The lowest BCUT2D eigenvalue weighted by Gasteiger charge is -2.53. The van der Waals surface area contributed by atoms with Crippen molar-refractivity contribution in [1.82, 2.24) is 4.98 Å². The quantitative estimate of drug-likeness (QED) is 0.425. The number of aromatic nitrogens is 1. The molecule has 0 unspecified atom stereocenters. The first-order valence-electron chi connectivity index (χ1n) is 12.3. The summed E-state index contributed by atoms with van der Waals surface area (Å²) < 4.78 is 11.7. The van der Waals surface area contributed by atoms with E-state index in [0.29, 0.717) is 30.3 Å². The van der Waals surface area contributed by atoms with Crippen molar-refractivity contribution in [2.75, 3.05) is 11.9 Å². The summed E-state index contributed by atoms with van der Waals surface area (Å²) in [6.45, 7) is 4.33. The number of aliphatic hydroxyl groups is 2. The van der Waals surface area contributed by atoms with Gasteiger partial charge in [0.05, 0.1) is 17.9 Å². The van der Waals surface area contributed by atoms with Gasteiger partial charge in [-0.2, -0.15) is 0 Å². The second-order valence-electron chi connectivity index (χ2n) is 9.92. The number of carbonyl (C=O) groups is 1. The maximum atomic E-state index is 12.6. The summed E-state index contributed by atoms with van der Waals surface area (Å²) in [5, 5.41) is 21.7. The van der Waals surface area contributed by atoms with Crippen LogP contribution in [0.3, 0.4) is 0 Å². The van der Waals surface area contributed by atoms with Gasteiger partial charge in [-0.15, -0.1) is 0 Å². The molecule has 7 heteroatoms. The van der Waals surface area contributed by atoms with E-state index in [1.54, 1.807) is 6.92 Å². The lowest BCUT2D eigenvalue weighted by molar-refractivity contribution is -0.194. The van der Waals surface area contributed by atoms with Crippen molar-refractivity contribution in [3.05, 3.63) is 71.4 Å². The van der Waals surface area contributed by atoms with Crippen molar-refractivity contribution in [3.8, 4) is 11.1 Å². The lowest BCUT2D eigenvalue weighted by Crippen LogP contribution is -2.54. The first kappa shape index (κ1) is 23.7. The molecule has 1 amide bonds. The maximum Gasteiger partial charge on any atom is 0.293 e. The van der Waals surface area contributed by atoms with Crippen LogP contribution in [-0.2, 0) is 16.6 Å². The normalized spacial score (nSPS) is 23.6. The highest BCUT2D eigenvalue weighted by Crippen LogP contribution is 2.51. The van der Waals surface area contributed by atoms with Crippen LogP contribution in [0.15, 0.2) is 52.9 Å². The molecule has 3 aliphatic rings. The van der Waals surface area contributed by atoms with E-state index >= 15 is 0 Å². The zero-order valence-electron chi connectivity index (χ0n) is 20.2. The summed E-state index contributed by atoms with van der Waals surface area (Å²) in [7, 11) is 0. The minimum atomic E-state index is -1.32. The van der Waals surface area contributed by atoms with Gasteiger partial charge in [-0.05, 0) is 61.4 Å². The molecule has 6 rings (SSSR count). The Kier molecular flexibility index (Phi) is 6.25. The Balaban J connectivity index is 1.25. The second kappa shape index (κ2) is 9.22. The molecule has 3 heterocycles. The lowest BCUT2D eigenvalue weighted by atomic mass is 9.62. The number of amides is 1. The number of aryl methyl sites for hydroxylation is 2. The molecule has 35 heavy (non-hydrogen) atoms. The van der Waals surface area contributed by atoms with Crippen LogP contribution in [0.1, 0.15) is 66.7 Å². The van der Waals surface area contributed by atoms with Crippen molar-refractivity contribution in [2.24, 2.45) is 0 Å². The summed E-state index contributed by atoms with van der Waals surface area (Å²) in [5.41, 5.74) is 4.36. The molecular formula is C28H32N2O5. The highest BCUT2D eigenvalue weighted by molar-refractivity contribution is 6.03. The van der Waals surface area contributed by atoms with Crippen molar-refractivity contribution < 1.29 is 24.2 Å². The van der Waals surface area contributed by atoms with Gasteiger partial charge in [-0.3, -0.25) is 4.79 Å². The summed E-state index contributed by atoms with van der Waals surface area (Å²) in [4.78, 5) is 16.8. The molecule has 3 fully saturated rings. The van der Waals surface area contributed by atoms with Gasteiger partial charge in [-0.1, -0.05) is 43.3 Å².